The van der Waals surface area contributed by atoms with Crippen LogP contribution >= 0.6 is 22.6 Å². The number of hydrogen-bond acceptors (Lipinski definition) is 4. The lowest BCUT2D eigenvalue weighted by Crippen LogP contribution is -1.78. The normalized spacial score (nSPS) is 9.71. The fraction of sp³-hybridized carbons (Fsp3) is 0. The lowest BCUT2D eigenvalue weighted by molar-refractivity contribution is 0.537. The van der Waals surface area contributed by atoms with E-state index < -0.39 is 0 Å². The van der Waals surface area contributed by atoms with Crippen LogP contribution in [-0.2, 0) is 0 Å². The number of aromatic nitrogens is 2. The van der Waals surface area contributed by atoms with Gasteiger partial charge in [0.2, 0.25) is 5.89 Å². The highest BCUT2D eigenvalue weighted by Gasteiger charge is 2.05. The van der Waals surface area contributed by atoms with E-state index in [0.717, 1.165) is 5.56 Å². The molecule has 5 heteroatoms. The number of benzene rings is 1. The third-order valence-electron chi connectivity index (χ3n) is 1.66. The van der Waals surface area contributed by atoms with E-state index in [1.54, 1.807) is 24.3 Å². The molecule has 0 saturated carbocycles. The van der Waals surface area contributed by atoms with Crippen molar-refractivity contribution in [2.75, 3.05) is 0 Å². The van der Waals surface area contributed by atoms with Gasteiger partial charge in [-0.25, -0.2) is 0 Å². The van der Waals surface area contributed by atoms with E-state index in [1.807, 2.05) is 28.7 Å². The van der Waals surface area contributed by atoms with Crippen LogP contribution in [-0.4, -0.2) is 10.2 Å². The lowest BCUT2D eigenvalue weighted by Gasteiger charge is -1.92. The van der Waals surface area contributed by atoms with Gasteiger partial charge in [-0.15, -0.1) is 10.2 Å². The largest absolute Gasteiger partial charge is 0.412 e. The Morgan fingerprint density at radius 2 is 1.93 bits per heavy atom. The Morgan fingerprint density at radius 3 is 2.43 bits per heavy atom. The van der Waals surface area contributed by atoms with E-state index >= 15 is 0 Å². The summed E-state index contributed by atoms with van der Waals surface area (Å²) in [5, 5.41) is 16.2. The average Bonchev–Trinajstić information content (AvgIpc) is 2.65. The van der Waals surface area contributed by atoms with Crippen LogP contribution in [0.2, 0.25) is 0 Å². The molecule has 0 aliphatic heterocycles. The molecule has 0 unspecified atom stereocenters. The van der Waals surface area contributed by atoms with Gasteiger partial charge in [0.25, 0.3) is 3.90 Å². The van der Waals surface area contributed by atoms with Gasteiger partial charge in [0, 0.05) is 28.2 Å². The minimum atomic E-state index is 0.471. The van der Waals surface area contributed by atoms with E-state index in [1.165, 1.54) is 0 Å². The van der Waals surface area contributed by atoms with Crippen molar-refractivity contribution < 1.29 is 4.42 Å². The summed E-state index contributed by atoms with van der Waals surface area (Å²) in [5.41, 5.74) is 1.43. The molecule has 0 radical (unpaired) electrons. The Morgan fingerprint density at radius 1 is 1.21 bits per heavy atom. The molecule has 0 N–H and O–H groups in total. The summed E-state index contributed by atoms with van der Waals surface area (Å²) in [6, 6.07) is 9.03. The van der Waals surface area contributed by atoms with Crippen molar-refractivity contribution in [3.8, 4) is 17.5 Å². The molecule has 0 atom stereocenters. The molecule has 1 aromatic heterocycles. The first-order valence-electron chi connectivity index (χ1n) is 3.79. The number of hydrogen-bond donors (Lipinski definition) is 0. The fourth-order valence-corrected chi connectivity index (χ4v) is 1.33. The first-order valence-corrected chi connectivity index (χ1v) is 4.87. The molecular formula is C9H4IN3O. The third-order valence-corrected chi connectivity index (χ3v) is 2.10. The third kappa shape index (κ3) is 1.75. The Kier molecular flexibility index (Phi) is 2.45. The van der Waals surface area contributed by atoms with Crippen molar-refractivity contribution in [3.05, 3.63) is 33.7 Å². The number of halogens is 1. The standard InChI is InChI=1S/C9H4IN3O/c10-9-13-12-8(14-9)7-3-1-6(5-11)2-4-7/h1-4H. The summed E-state index contributed by atoms with van der Waals surface area (Å²) in [5.74, 6) is 0.471. The molecule has 0 saturated heterocycles. The molecule has 2 rings (SSSR count). The zero-order valence-electron chi connectivity index (χ0n) is 6.94. The van der Waals surface area contributed by atoms with Crippen LogP contribution in [0.1, 0.15) is 5.56 Å². The zero-order chi connectivity index (χ0) is 9.97. The summed E-state index contributed by atoms with van der Waals surface area (Å²) in [4.78, 5) is 0. The minimum Gasteiger partial charge on any atom is -0.412 e. The Labute approximate surface area is 93.7 Å². The smallest absolute Gasteiger partial charge is 0.278 e. The molecule has 0 bridgehead atoms. The Balaban J connectivity index is 2.39. The number of nitriles is 1. The van der Waals surface area contributed by atoms with Crippen LogP contribution in [0.15, 0.2) is 28.7 Å². The zero-order valence-corrected chi connectivity index (χ0v) is 9.09. The summed E-state index contributed by atoms with van der Waals surface area (Å²) in [6.07, 6.45) is 0. The minimum absolute atomic E-state index is 0.471. The molecule has 4 nitrogen and oxygen atoms in total. The molecule has 0 fully saturated rings. The van der Waals surface area contributed by atoms with Gasteiger partial charge >= 0.3 is 0 Å². The number of nitrogens with zero attached hydrogens (tertiary/aromatic N) is 3. The van der Waals surface area contributed by atoms with Crippen LogP contribution in [0, 0.1) is 15.2 Å². The summed E-state index contributed by atoms with van der Waals surface area (Å²) in [6.45, 7) is 0. The maximum absolute atomic E-state index is 8.60. The van der Waals surface area contributed by atoms with Gasteiger partial charge < -0.3 is 4.42 Å². The number of rotatable bonds is 1. The molecule has 1 heterocycles. The van der Waals surface area contributed by atoms with Crippen molar-refractivity contribution in [3.63, 3.8) is 0 Å². The van der Waals surface area contributed by atoms with Crippen LogP contribution < -0.4 is 0 Å². The molecule has 1 aromatic carbocycles. The van der Waals surface area contributed by atoms with E-state index in [2.05, 4.69) is 10.2 Å². The second kappa shape index (κ2) is 3.75. The quantitative estimate of drug-likeness (QED) is 0.757. The van der Waals surface area contributed by atoms with Crippen molar-refractivity contribution in [1.29, 1.82) is 5.26 Å². The second-order valence-corrected chi connectivity index (χ2v) is 3.47. The van der Waals surface area contributed by atoms with E-state index in [4.69, 9.17) is 9.68 Å². The molecular weight excluding hydrogens is 293 g/mol. The SMILES string of the molecule is N#Cc1ccc(-c2nnc(I)o2)cc1. The fourth-order valence-electron chi connectivity index (χ4n) is 1.01. The van der Waals surface area contributed by atoms with Gasteiger partial charge in [0.15, 0.2) is 0 Å². The molecule has 0 spiro atoms. The highest BCUT2D eigenvalue weighted by atomic mass is 127. The van der Waals surface area contributed by atoms with Crippen molar-refractivity contribution >= 4 is 22.6 Å². The Hall–Kier alpha value is -1.42. The molecule has 68 valence electrons. The van der Waals surface area contributed by atoms with Crippen molar-refractivity contribution in [2.24, 2.45) is 0 Å². The molecule has 0 aliphatic carbocycles. The second-order valence-electron chi connectivity index (χ2n) is 2.55. The lowest BCUT2D eigenvalue weighted by atomic mass is 10.1. The summed E-state index contributed by atoms with van der Waals surface area (Å²) < 4.78 is 5.73. The monoisotopic (exact) mass is 297 g/mol. The highest BCUT2D eigenvalue weighted by Crippen LogP contribution is 2.18. The van der Waals surface area contributed by atoms with Gasteiger partial charge in [0.1, 0.15) is 0 Å². The Bertz CT molecular complexity index is 484. The van der Waals surface area contributed by atoms with Crippen molar-refractivity contribution in [2.45, 2.75) is 0 Å². The molecule has 0 aliphatic rings. The predicted octanol–water partition coefficient (Wildman–Crippen LogP) is 2.21. The molecule has 0 amide bonds. The highest BCUT2D eigenvalue weighted by molar-refractivity contribution is 14.1. The van der Waals surface area contributed by atoms with Gasteiger partial charge in [-0.05, 0) is 24.3 Å². The topological polar surface area (TPSA) is 62.7 Å². The first-order chi connectivity index (χ1) is 6.79. The molecule has 14 heavy (non-hydrogen) atoms. The maximum Gasteiger partial charge on any atom is 0.278 e. The van der Waals surface area contributed by atoms with Crippen LogP contribution in [0.3, 0.4) is 0 Å². The molecule has 2 aromatic rings. The average molecular weight is 297 g/mol. The summed E-state index contributed by atoms with van der Waals surface area (Å²) >= 11 is 1.95. The van der Waals surface area contributed by atoms with Gasteiger partial charge in [-0.3, -0.25) is 0 Å². The first kappa shape index (κ1) is 9.15. The van der Waals surface area contributed by atoms with Crippen molar-refractivity contribution in [1.82, 2.24) is 10.2 Å². The van der Waals surface area contributed by atoms with E-state index in [-0.39, 0.29) is 0 Å². The maximum atomic E-state index is 8.60. The van der Waals surface area contributed by atoms with Crippen LogP contribution in [0.4, 0.5) is 0 Å². The van der Waals surface area contributed by atoms with Gasteiger partial charge in [0.05, 0.1) is 11.6 Å². The van der Waals surface area contributed by atoms with E-state index in [9.17, 15) is 0 Å². The summed E-state index contributed by atoms with van der Waals surface area (Å²) in [7, 11) is 0. The predicted molar refractivity (Wildman–Crippen MR) is 57.2 cm³/mol. The van der Waals surface area contributed by atoms with Gasteiger partial charge in [-0.1, -0.05) is 0 Å². The van der Waals surface area contributed by atoms with E-state index in [0.29, 0.717) is 15.4 Å². The van der Waals surface area contributed by atoms with Crippen LogP contribution in [0.5, 0.6) is 0 Å². The van der Waals surface area contributed by atoms with Crippen LogP contribution in [0.25, 0.3) is 11.5 Å². The van der Waals surface area contributed by atoms with Gasteiger partial charge in [-0.2, -0.15) is 5.26 Å².